The lowest BCUT2D eigenvalue weighted by atomic mass is 10.1. The topological polar surface area (TPSA) is 52.1 Å². The number of rotatable bonds is 3. The first-order chi connectivity index (χ1) is 9.58. The molecule has 0 unspecified atom stereocenters. The molecular weight excluding hydrogens is 276 g/mol. The molecule has 5 heteroatoms. The maximum absolute atomic E-state index is 11.4. The van der Waals surface area contributed by atoms with Crippen LogP contribution < -0.4 is 0 Å². The molecule has 0 spiro atoms. The normalized spacial score (nSPS) is 10.8. The van der Waals surface area contributed by atoms with E-state index in [1.165, 1.54) is 7.11 Å². The second-order valence-electron chi connectivity index (χ2n) is 4.14. The number of halogens is 1. The standard InChI is InChI=1S/C15H13ClN2O2/c1-10-8-13(16)18-14(17-10)7-6-11-4-3-5-12(9-11)15(19)20-2/h3-9H,1-2H3. The predicted octanol–water partition coefficient (Wildman–Crippen LogP) is 3.40. The van der Waals surface area contributed by atoms with Gasteiger partial charge in [0, 0.05) is 5.69 Å². The summed E-state index contributed by atoms with van der Waals surface area (Å²) in [6.07, 6.45) is 3.56. The number of carbonyl (C=O) groups excluding carboxylic acids is 1. The molecule has 0 N–H and O–H groups in total. The van der Waals surface area contributed by atoms with Crippen LogP contribution in [0.4, 0.5) is 0 Å². The van der Waals surface area contributed by atoms with Crippen molar-refractivity contribution in [1.82, 2.24) is 9.97 Å². The quantitative estimate of drug-likeness (QED) is 0.642. The summed E-state index contributed by atoms with van der Waals surface area (Å²) in [7, 11) is 1.35. The number of esters is 1. The van der Waals surface area contributed by atoms with Crippen molar-refractivity contribution in [3.63, 3.8) is 0 Å². The Morgan fingerprint density at radius 2 is 2.05 bits per heavy atom. The van der Waals surface area contributed by atoms with Crippen LogP contribution >= 0.6 is 11.6 Å². The molecule has 1 aromatic heterocycles. The molecule has 0 saturated carbocycles. The summed E-state index contributed by atoms with van der Waals surface area (Å²) in [6, 6.07) is 8.79. The van der Waals surface area contributed by atoms with Crippen molar-refractivity contribution in [3.05, 3.63) is 58.1 Å². The van der Waals surface area contributed by atoms with Gasteiger partial charge in [-0.05, 0) is 36.8 Å². The molecule has 4 nitrogen and oxygen atoms in total. The van der Waals surface area contributed by atoms with Gasteiger partial charge in [0.2, 0.25) is 0 Å². The number of methoxy groups -OCH3 is 1. The Bertz CT molecular complexity index is 648. The van der Waals surface area contributed by atoms with Gasteiger partial charge in [-0.15, -0.1) is 0 Å². The van der Waals surface area contributed by atoms with Gasteiger partial charge < -0.3 is 4.74 Å². The fourth-order valence-corrected chi connectivity index (χ4v) is 1.93. The van der Waals surface area contributed by atoms with E-state index in [0.717, 1.165) is 11.3 Å². The molecule has 0 aliphatic rings. The summed E-state index contributed by atoms with van der Waals surface area (Å²) in [5.74, 6) is 0.161. The molecule has 0 atom stereocenters. The summed E-state index contributed by atoms with van der Waals surface area (Å²) >= 11 is 5.87. The molecule has 0 aliphatic heterocycles. The Kier molecular flexibility index (Phi) is 4.48. The maximum atomic E-state index is 11.4. The summed E-state index contributed by atoms with van der Waals surface area (Å²) in [5, 5.41) is 0.403. The van der Waals surface area contributed by atoms with Crippen molar-refractivity contribution in [2.24, 2.45) is 0 Å². The minimum Gasteiger partial charge on any atom is -0.465 e. The van der Waals surface area contributed by atoms with Crippen molar-refractivity contribution in [2.45, 2.75) is 6.92 Å². The van der Waals surface area contributed by atoms with Gasteiger partial charge in [-0.25, -0.2) is 14.8 Å². The second kappa shape index (κ2) is 6.30. The van der Waals surface area contributed by atoms with Crippen LogP contribution in [-0.4, -0.2) is 23.0 Å². The maximum Gasteiger partial charge on any atom is 0.337 e. The van der Waals surface area contributed by atoms with Crippen LogP contribution in [0.5, 0.6) is 0 Å². The van der Waals surface area contributed by atoms with E-state index in [1.54, 1.807) is 30.3 Å². The highest BCUT2D eigenvalue weighted by atomic mass is 35.5. The molecule has 1 aromatic carbocycles. The molecule has 0 saturated heterocycles. The van der Waals surface area contributed by atoms with E-state index < -0.39 is 0 Å². The molecule has 1 heterocycles. The van der Waals surface area contributed by atoms with Crippen molar-refractivity contribution in [2.75, 3.05) is 7.11 Å². The zero-order valence-electron chi connectivity index (χ0n) is 11.1. The molecule has 20 heavy (non-hydrogen) atoms. The van der Waals surface area contributed by atoms with Crippen molar-refractivity contribution >= 4 is 29.7 Å². The van der Waals surface area contributed by atoms with Crippen molar-refractivity contribution < 1.29 is 9.53 Å². The minimum atomic E-state index is -0.366. The molecule has 0 fully saturated rings. The van der Waals surface area contributed by atoms with E-state index in [4.69, 9.17) is 11.6 Å². The molecule has 2 rings (SSSR count). The average Bonchev–Trinajstić information content (AvgIpc) is 2.43. The zero-order valence-corrected chi connectivity index (χ0v) is 11.9. The number of aryl methyl sites for hydroxylation is 1. The SMILES string of the molecule is COC(=O)c1cccc(C=Cc2nc(C)cc(Cl)n2)c1. The number of nitrogens with zero attached hydrogens (tertiary/aromatic N) is 2. The highest BCUT2D eigenvalue weighted by molar-refractivity contribution is 6.29. The van der Waals surface area contributed by atoms with Crippen LogP contribution in [-0.2, 0) is 4.74 Å². The Balaban J connectivity index is 2.25. The van der Waals surface area contributed by atoms with Gasteiger partial charge >= 0.3 is 5.97 Å². The highest BCUT2D eigenvalue weighted by Crippen LogP contribution is 2.12. The molecule has 102 valence electrons. The van der Waals surface area contributed by atoms with E-state index in [9.17, 15) is 4.79 Å². The lowest BCUT2D eigenvalue weighted by Gasteiger charge is -2.00. The first-order valence-corrected chi connectivity index (χ1v) is 6.34. The third-order valence-corrected chi connectivity index (χ3v) is 2.77. The van der Waals surface area contributed by atoms with Gasteiger partial charge in [0.25, 0.3) is 0 Å². The zero-order chi connectivity index (χ0) is 14.5. The van der Waals surface area contributed by atoms with Crippen molar-refractivity contribution in [3.8, 4) is 0 Å². The van der Waals surface area contributed by atoms with E-state index >= 15 is 0 Å². The number of aromatic nitrogens is 2. The van der Waals surface area contributed by atoms with Crippen LogP contribution in [0.1, 0.15) is 27.4 Å². The summed E-state index contributed by atoms with van der Waals surface area (Å²) in [5.41, 5.74) is 2.15. The lowest BCUT2D eigenvalue weighted by molar-refractivity contribution is 0.0600. The number of ether oxygens (including phenoxy) is 1. The first-order valence-electron chi connectivity index (χ1n) is 5.96. The van der Waals surface area contributed by atoms with Gasteiger partial charge in [0.1, 0.15) is 5.15 Å². The lowest BCUT2D eigenvalue weighted by Crippen LogP contribution is -2.00. The van der Waals surface area contributed by atoms with E-state index in [2.05, 4.69) is 14.7 Å². The van der Waals surface area contributed by atoms with Crippen molar-refractivity contribution in [1.29, 1.82) is 0 Å². The fraction of sp³-hybridized carbons (Fsp3) is 0.133. The van der Waals surface area contributed by atoms with E-state index in [-0.39, 0.29) is 5.97 Å². The Hall–Kier alpha value is -2.20. The molecular formula is C15H13ClN2O2. The van der Waals surface area contributed by atoms with Gasteiger partial charge in [0.05, 0.1) is 12.7 Å². The third kappa shape index (κ3) is 3.65. The largest absolute Gasteiger partial charge is 0.465 e. The van der Waals surface area contributed by atoms with Crippen LogP contribution in [0, 0.1) is 6.92 Å². The average molecular weight is 289 g/mol. The number of hydrogen-bond acceptors (Lipinski definition) is 4. The predicted molar refractivity (Wildman–Crippen MR) is 78.5 cm³/mol. The third-order valence-electron chi connectivity index (χ3n) is 2.57. The second-order valence-corrected chi connectivity index (χ2v) is 4.53. The smallest absolute Gasteiger partial charge is 0.337 e. The Morgan fingerprint density at radius 3 is 2.75 bits per heavy atom. The number of benzene rings is 1. The van der Waals surface area contributed by atoms with E-state index in [1.807, 2.05) is 19.1 Å². The summed E-state index contributed by atoms with van der Waals surface area (Å²) in [4.78, 5) is 19.8. The molecule has 0 bridgehead atoms. The van der Waals surface area contributed by atoms with Crippen LogP contribution in [0.2, 0.25) is 5.15 Å². The van der Waals surface area contributed by atoms with Gasteiger partial charge in [0.15, 0.2) is 5.82 Å². The van der Waals surface area contributed by atoms with Gasteiger partial charge in [-0.1, -0.05) is 29.8 Å². The van der Waals surface area contributed by atoms with Crippen LogP contribution in [0.15, 0.2) is 30.3 Å². The number of hydrogen-bond donors (Lipinski definition) is 0. The molecule has 2 aromatic rings. The number of carbonyl (C=O) groups is 1. The Labute approximate surface area is 122 Å². The summed E-state index contributed by atoms with van der Waals surface area (Å²) < 4.78 is 4.68. The molecule has 0 amide bonds. The van der Waals surface area contributed by atoms with Crippen LogP contribution in [0.25, 0.3) is 12.2 Å². The Morgan fingerprint density at radius 1 is 1.25 bits per heavy atom. The van der Waals surface area contributed by atoms with Crippen LogP contribution in [0.3, 0.4) is 0 Å². The van der Waals surface area contributed by atoms with Gasteiger partial charge in [-0.3, -0.25) is 0 Å². The summed E-state index contributed by atoms with van der Waals surface area (Å²) in [6.45, 7) is 1.85. The molecule has 0 radical (unpaired) electrons. The molecule has 0 aliphatic carbocycles. The first kappa shape index (κ1) is 14.2. The van der Waals surface area contributed by atoms with Gasteiger partial charge in [-0.2, -0.15) is 0 Å². The van der Waals surface area contributed by atoms with E-state index in [0.29, 0.717) is 16.5 Å². The highest BCUT2D eigenvalue weighted by Gasteiger charge is 2.04. The fourth-order valence-electron chi connectivity index (χ4n) is 1.68. The minimum absolute atomic E-state index is 0.366. The monoisotopic (exact) mass is 288 g/mol.